The van der Waals surface area contributed by atoms with Gasteiger partial charge in [0.15, 0.2) is 0 Å². The highest BCUT2D eigenvalue weighted by atomic mass is 16.5. The molecule has 1 heterocycles. The molecule has 0 spiro atoms. The van der Waals surface area contributed by atoms with Gasteiger partial charge in [0.25, 0.3) is 0 Å². The fraction of sp³-hybridized carbons (Fsp3) is 0.238. The lowest BCUT2D eigenvalue weighted by atomic mass is 10.0. The lowest BCUT2D eigenvalue weighted by Gasteiger charge is -2.10. The summed E-state index contributed by atoms with van der Waals surface area (Å²) in [5.74, 6) is -0.467. The molecule has 1 aliphatic carbocycles. The van der Waals surface area contributed by atoms with Gasteiger partial charge in [0.2, 0.25) is 0 Å². The van der Waals surface area contributed by atoms with Crippen molar-refractivity contribution < 1.29 is 23.8 Å². The number of methoxy groups -OCH3 is 1. The molecule has 1 N–H and O–H groups in total. The lowest BCUT2D eigenvalue weighted by Crippen LogP contribution is -2.08. The van der Waals surface area contributed by atoms with Gasteiger partial charge >= 0.3 is 11.6 Å². The Morgan fingerprint density at radius 3 is 2.70 bits per heavy atom. The van der Waals surface area contributed by atoms with Gasteiger partial charge in [-0.1, -0.05) is 0 Å². The molecule has 138 valence electrons. The molecular formula is C21H18O6. The van der Waals surface area contributed by atoms with Crippen molar-refractivity contribution in [2.45, 2.75) is 25.9 Å². The summed E-state index contributed by atoms with van der Waals surface area (Å²) < 4.78 is 15.7. The zero-order chi connectivity index (χ0) is 19.0. The average Bonchev–Trinajstić information content (AvgIpc) is 3.11. The fourth-order valence-corrected chi connectivity index (χ4v) is 3.44. The molecular weight excluding hydrogens is 348 g/mol. The summed E-state index contributed by atoms with van der Waals surface area (Å²) in [5.41, 5.74) is 3.01. The van der Waals surface area contributed by atoms with Gasteiger partial charge in [-0.3, -0.25) is 0 Å². The predicted octanol–water partition coefficient (Wildman–Crippen LogP) is 3.35. The van der Waals surface area contributed by atoms with Crippen LogP contribution in [0.15, 0.2) is 45.6 Å². The minimum Gasteiger partial charge on any atom is -0.507 e. The Kier molecular flexibility index (Phi) is 4.32. The van der Waals surface area contributed by atoms with E-state index >= 15 is 0 Å². The number of phenolic OH excluding ortho intramolecular Hbond substituents is 1. The third-order valence-corrected chi connectivity index (χ3v) is 4.83. The predicted molar refractivity (Wildman–Crippen MR) is 98.3 cm³/mol. The molecule has 0 saturated heterocycles. The van der Waals surface area contributed by atoms with Crippen LogP contribution in [0, 0.1) is 0 Å². The molecule has 4 rings (SSSR count). The van der Waals surface area contributed by atoms with E-state index < -0.39 is 11.6 Å². The molecule has 6 nitrogen and oxygen atoms in total. The van der Waals surface area contributed by atoms with Crippen molar-refractivity contribution in [1.82, 2.24) is 0 Å². The van der Waals surface area contributed by atoms with Crippen molar-refractivity contribution in [3.63, 3.8) is 0 Å². The standard InChI is InChI=1S/C21H18O6/c1-25-15-5-6-18(22)17(10-15)21(24)26-11-14-9-20(23)27-19-8-13-4-2-3-12(13)7-16(14)19/h5-10,22H,2-4,11H2,1H3. The fourth-order valence-electron chi connectivity index (χ4n) is 3.44. The number of carbonyl (C=O) groups is 1. The topological polar surface area (TPSA) is 86.0 Å². The van der Waals surface area contributed by atoms with E-state index in [1.165, 1.54) is 36.4 Å². The molecule has 0 saturated carbocycles. The highest BCUT2D eigenvalue weighted by Crippen LogP contribution is 2.29. The highest BCUT2D eigenvalue weighted by Gasteiger charge is 2.18. The number of hydrogen-bond acceptors (Lipinski definition) is 6. The van der Waals surface area contributed by atoms with Crippen LogP contribution in [-0.4, -0.2) is 18.2 Å². The third kappa shape index (κ3) is 3.26. The summed E-state index contributed by atoms with van der Waals surface area (Å²) in [4.78, 5) is 24.3. The van der Waals surface area contributed by atoms with Crippen molar-refractivity contribution >= 4 is 16.9 Å². The van der Waals surface area contributed by atoms with Crippen LogP contribution in [0.5, 0.6) is 11.5 Å². The first-order valence-corrected chi connectivity index (χ1v) is 8.68. The van der Waals surface area contributed by atoms with Crippen LogP contribution in [0.25, 0.3) is 11.0 Å². The van der Waals surface area contributed by atoms with Crippen LogP contribution in [-0.2, 0) is 24.2 Å². The lowest BCUT2D eigenvalue weighted by molar-refractivity contribution is 0.0470. The van der Waals surface area contributed by atoms with Gasteiger partial charge < -0.3 is 19.0 Å². The minimum atomic E-state index is -0.700. The van der Waals surface area contributed by atoms with Crippen molar-refractivity contribution in [3.8, 4) is 11.5 Å². The van der Waals surface area contributed by atoms with Gasteiger partial charge in [0.05, 0.1) is 7.11 Å². The van der Waals surface area contributed by atoms with Crippen LogP contribution in [0.2, 0.25) is 0 Å². The van der Waals surface area contributed by atoms with Crippen LogP contribution >= 0.6 is 0 Å². The van der Waals surface area contributed by atoms with Crippen LogP contribution in [0.3, 0.4) is 0 Å². The summed E-state index contributed by atoms with van der Waals surface area (Å²) in [6.45, 7) is -0.101. The van der Waals surface area contributed by atoms with Crippen molar-refractivity contribution in [3.05, 3.63) is 69.1 Å². The second-order valence-electron chi connectivity index (χ2n) is 6.52. The smallest absolute Gasteiger partial charge is 0.342 e. The number of ether oxygens (including phenoxy) is 2. The molecule has 6 heteroatoms. The summed E-state index contributed by atoms with van der Waals surface area (Å²) >= 11 is 0. The van der Waals surface area contributed by atoms with Crippen molar-refractivity contribution in [1.29, 1.82) is 0 Å². The second kappa shape index (κ2) is 6.79. The third-order valence-electron chi connectivity index (χ3n) is 4.83. The Bertz CT molecular complexity index is 1100. The molecule has 0 aliphatic heterocycles. The molecule has 27 heavy (non-hydrogen) atoms. The van der Waals surface area contributed by atoms with E-state index in [9.17, 15) is 14.7 Å². The Labute approximate surface area is 155 Å². The van der Waals surface area contributed by atoms with Gasteiger partial charge in [0.1, 0.15) is 29.3 Å². The van der Waals surface area contributed by atoms with Crippen LogP contribution < -0.4 is 10.4 Å². The van der Waals surface area contributed by atoms with Crippen LogP contribution in [0.4, 0.5) is 0 Å². The molecule has 2 aromatic carbocycles. The maximum Gasteiger partial charge on any atom is 0.342 e. The Morgan fingerprint density at radius 2 is 1.93 bits per heavy atom. The van der Waals surface area contributed by atoms with E-state index in [0.29, 0.717) is 16.9 Å². The first-order chi connectivity index (χ1) is 13.0. The molecule has 0 fully saturated rings. The summed E-state index contributed by atoms with van der Waals surface area (Å²) in [6, 6.07) is 9.56. The summed E-state index contributed by atoms with van der Waals surface area (Å²) in [6.07, 6.45) is 3.04. The first-order valence-electron chi connectivity index (χ1n) is 8.68. The van der Waals surface area contributed by atoms with Gasteiger partial charge in [0, 0.05) is 17.0 Å². The SMILES string of the molecule is COc1ccc(O)c(C(=O)OCc2cc(=O)oc3cc4c(cc23)CCC4)c1. The quantitative estimate of drug-likeness (QED) is 0.563. The summed E-state index contributed by atoms with van der Waals surface area (Å²) in [5, 5.41) is 10.7. The van der Waals surface area contributed by atoms with Gasteiger partial charge in [-0.15, -0.1) is 0 Å². The van der Waals surface area contributed by atoms with Gasteiger partial charge in [-0.05, 0) is 60.7 Å². The van der Waals surface area contributed by atoms with Gasteiger partial charge in [-0.2, -0.15) is 0 Å². The van der Waals surface area contributed by atoms with Gasteiger partial charge in [-0.25, -0.2) is 9.59 Å². The maximum atomic E-state index is 12.4. The Balaban J connectivity index is 1.64. The second-order valence-corrected chi connectivity index (χ2v) is 6.52. The van der Waals surface area contributed by atoms with E-state index in [0.717, 1.165) is 24.6 Å². The average molecular weight is 366 g/mol. The monoisotopic (exact) mass is 366 g/mol. The van der Waals surface area contributed by atoms with Crippen molar-refractivity contribution in [2.24, 2.45) is 0 Å². The normalized spacial score (nSPS) is 12.8. The molecule has 0 atom stereocenters. The number of aryl methyl sites for hydroxylation is 2. The molecule has 0 unspecified atom stereocenters. The van der Waals surface area contributed by atoms with Crippen molar-refractivity contribution in [2.75, 3.05) is 7.11 Å². The molecule has 1 aromatic heterocycles. The van der Waals surface area contributed by atoms with E-state index in [1.54, 1.807) is 6.07 Å². The first kappa shape index (κ1) is 17.1. The number of esters is 1. The minimum absolute atomic E-state index is 0.00233. The Hall–Kier alpha value is -3.28. The Morgan fingerprint density at radius 1 is 1.15 bits per heavy atom. The van der Waals surface area contributed by atoms with E-state index in [4.69, 9.17) is 13.9 Å². The molecule has 0 amide bonds. The number of carbonyl (C=O) groups excluding carboxylic acids is 1. The van der Waals surface area contributed by atoms with E-state index in [-0.39, 0.29) is 17.9 Å². The number of aromatic hydroxyl groups is 1. The van der Waals surface area contributed by atoms with E-state index in [1.807, 2.05) is 12.1 Å². The molecule has 3 aromatic rings. The summed E-state index contributed by atoms with van der Waals surface area (Å²) in [7, 11) is 1.47. The zero-order valence-electron chi connectivity index (χ0n) is 14.8. The zero-order valence-corrected chi connectivity index (χ0v) is 14.8. The highest BCUT2D eigenvalue weighted by molar-refractivity contribution is 5.93. The number of benzene rings is 2. The maximum absolute atomic E-state index is 12.4. The largest absolute Gasteiger partial charge is 0.507 e. The van der Waals surface area contributed by atoms with E-state index in [2.05, 4.69) is 0 Å². The number of hydrogen-bond donors (Lipinski definition) is 1. The molecule has 1 aliphatic rings. The number of phenols is 1. The number of fused-ring (bicyclic) bond motifs is 2. The number of rotatable bonds is 4. The molecule has 0 radical (unpaired) electrons. The molecule has 0 bridgehead atoms. The van der Waals surface area contributed by atoms with Crippen LogP contribution in [0.1, 0.15) is 33.5 Å².